The van der Waals surface area contributed by atoms with Crippen LogP contribution in [0.1, 0.15) is 18.9 Å². The molecule has 0 aliphatic heterocycles. The van der Waals surface area contributed by atoms with Crippen LogP contribution in [0.3, 0.4) is 0 Å². The van der Waals surface area contributed by atoms with Crippen LogP contribution >= 0.6 is 11.8 Å². The summed E-state index contributed by atoms with van der Waals surface area (Å²) >= 11 is 1.94. The summed E-state index contributed by atoms with van der Waals surface area (Å²) in [5, 5.41) is 0. The monoisotopic (exact) mass is 181 g/mol. The number of nitrogens with two attached hydrogens (primary N) is 1. The van der Waals surface area contributed by atoms with Crippen molar-refractivity contribution in [2.24, 2.45) is 0 Å². The molecule has 66 valence electrons. The van der Waals surface area contributed by atoms with Gasteiger partial charge in [0.05, 0.1) is 0 Å². The van der Waals surface area contributed by atoms with Crippen LogP contribution < -0.4 is 5.73 Å². The maximum absolute atomic E-state index is 5.79. The zero-order chi connectivity index (χ0) is 8.81. The minimum absolute atomic E-state index is 0.918. The Kier molecular flexibility index (Phi) is 4.01. The van der Waals surface area contributed by atoms with Gasteiger partial charge >= 0.3 is 0 Å². The first-order valence-electron chi connectivity index (χ1n) is 4.25. The molecule has 0 atom stereocenters. The first kappa shape index (κ1) is 9.46. The van der Waals surface area contributed by atoms with E-state index in [1.807, 2.05) is 30.0 Å². The fourth-order valence-electron chi connectivity index (χ4n) is 0.992. The molecular weight excluding hydrogens is 166 g/mol. The van der Waals surface area contributed by atoms with E-state index in [2.05, 4.69) is 13.0 Å². The molecule has 0 saturated heterocycles. The third-order valence-electron chi connectivity index (χ3n) is 1.66. The summed E-state index contributed by atoms with van der Waals surface area (Å²) in [5.41, 5.74) is 7.97. The Balaban J connectivity index is 2.46. The molecule has 2 heteroatoms. The summed E-state index contributed by atoms with van der Waals surface area (Å²) < 4.78 is 0. The molecule has 0 fully saturated rings. The van der Waals surface area contributed by atoms with Crippen molar-refractivity contribution in [3.05, 3.63) is 29.8 Å². The quantitative estimate of drug-likeness (QED) is 0.571. The van der Waals surface area contributed by atoms with Gasteiger partial charge in [0.1, 0.15) is 0 Å². The summed E-state index contributed by atoms with van der Waals surface area (Å²) in [5.74, 6) is 2.26. The molecule has 0 bridgehead atoms. The van der Waals surface area contributed by atoms with Gasteiger partial charge in [-0.25, -0.2) is 0 Å². The largest absolute Gasteiger partial charge is 0.398 e. The molecule has 0 radical (unpaired) electrons. The first-order valence-corrected chi connectivity index (χ1v) is 5.41. The van der Waals surface area contributed by atoms with Crippen molar-refractivity contribution in [1.82, 2.24) is 0 Å². The SMILES string of the molecule is CCCSCc1ccccc1N. The van der Waals surface area contributed by atoms with Crippen LogP contribution in [0.4, 0.5) is 5.69 Å². The molecule has 1 aromatic carbocycles. The zero-order valence-corrected chi connectivity index (χ0v) is 8.23. The molecule has 2 N–H and O–H groups in total. The minimum atomic E-state index is 0.918. The fourth-order valence-corrected chi connectivity index (χ4v) is 1.91. The smallest absolute Gasteiger partial charge is 0.0355 e. The molecule has 1 nitrogen and oxygen atoms in total. The Hall–Kier alpha value is -0.630. The van der Waals surface area contributed by atoms with Gasteiger partial charge in [0.15, 0.2) is 0 Å². The predicted molar refractivity (Wildman–Crippen MR) is 57.3 cm³/mol. The molecule has 0 saturated carbocycles. The fraction of sp³-hybridized carbons (Fsp3) is 0.400. The van der Waals surface area contributed by atoms with E-state index in [-0.39, 0.29) is 0 Å². The van der Waals surface area contributed by atoms with Crippen LogP contribution in [0.25, 0.3) is 0 Å². The van der Waals surface area contributed by atoms with Crippen molar-refractivity contribution in [3.63, 3.8) is 0 Å². The summed E-state index contributed by atoms with van der Waals surface area (Å²) in [7, 11) is 0. The van der Waals surface area contributed by atoms with Crippen molar-refractivity contribution < 1.29 is 0 Å². The number of hydrogen-bond donors (Lipinski definition) is 1. The average molecular weight is 181 g/mol. The number of para-hydroxylation sites is 1. The van der Waals surface area contributed by atoms with E-state index in [1.165, 1.54) is 17.7 Å². The van der Waals surface area contributed by atoms with Crippen molar-refractivity contribution in [1.29, 1.82) is 0 Å². The topological polar surface area (TPSA) is 26.0 Å². The molecule has 0 aliphatic rings. The van der Waals surface area contributed by atoms with Crippen molar-refractivity contribution >= 4 is 17.4 Å². The maximum atomic E-state index is 5.79. The number of thioether (sulfide) groups is 1. The summed E-state index contributed by atoms with van der Waals surface area (Å²) in [4.78, 5) is 0. The number of anilines is 1. The van der Waals surface area contributed by atoms with Gasteiger partial charge < -0.3 is 5.73 Å². The third-order valence-corrected chi connectivity index (χ3v) is 2.87. The molecular formula is C10H15NS. The van der Waals surface area contributed by atoms with Crippen LogP contribution in [0, 0.1) is 0 Å². The molecule has 0 unspecified atom stereocenters. The molecule has 0 heterocycles. The normalized spacial score (nSPS) is 10.1. The van der Waals surface area contributed by atoms with E-state index in [0.29, 0.717) is 0 Å². The number of nitrogen functional groups attached to an aromatic ring is 1. The molecule has 0 aromatic heterocycles. The number of rotatable bonds is 4. The highest BCUT2D eigenvalue weighted by Crippen LogP contribution is 2.18. The third kappa shape index (κ3) is 2.78. The number of hydrogen-bond acceptors (Lipinski definition) is 2. The van der Waals surface area contributed by atoms with Gasteiger partial charge in [-0.1, -0.05) is 25.1 Å². The zero-order valence-electron chi connectivity index (χ0n) is 7.42. The van der Waals surface area contributed by atoms with Gasteiger partial charge in [0.25, 0.3) is 0 Å². The minimum Gasteiger partial charge on any atom is -0.398 e. The van der Waals surface area contributed by atoms with Crippen LogP contribution in [0.15, 0.2) is 24.3 Å². The standard InChI is InChI=1S/C10H15NS/c1-2-7-12-8-9-5-3-4-6-10(9)11/h3-6H,2,7-8,11H2,1H3. The van der Waals surface area contributed by atoms with Crippen LogP contribution in [0.5, 0.6) is 0 Å². The van der Waals surface area contributed by atoms with Crippen LogP contribution in [-0.2, 0) is 5.75 Å². The second kappa shape index (κ2) is 5.09. The summed E-state index contributed by atoms with van der Waals surface area (Å²) in [6.45, 7) is 2.20. The van der Waals surface area contributed by atoms with E-state index in [0.717, 1.165) is 11.4 Å². The van der Waals surface area contributed by atoms with Gasteiger partial charge in [-0.2, -0.15) is 11.8 Å². The maximum Gasteiger partial charge on any atom is 0.0355 e. The lowest BCUT2D eigenvalue weighted by Gasteiger charge is -2.03. The van der Waals surface area contributed by atoms with E-state index in [9.17, 15) is 0 Å². The van der Waals surface area contributed by atoms with Crippen molar-refractivity contribution in [3.8, 4) is 0 Å². The van der Waals surface area contributed by atoms with Gasteiger partial charge in [-0.15, -0.1) is 0 Å². The Labute approximate surface area is 78.4 Å². The van der Waals surface area contributed by atoms with Crippen LogP contribution in [-0.4, -0.2) is 5.75 Å². The first-order chi connectivity index (χ1) is 5.84. The lowest BCUT2D eigenvalue weighted by atomic mass is 10.2. The molecule has 0 spiro atoms. The average Bonchev–Trinajstić information content (AvgIpc) is 2.09. The molecule has 1 aromatic rings. The highest BCUT2D eigenvalue weighted by atomic mass is 32.2. The predicted octanol–water partition coefficient (Wildman–Crippen LogP) is 2.91. The Morgan fingerprint density at radius 2 is 2.08 bits per heavy atom. The molecule has 0 aliphatic carbocycles. The van der Waals surface area contributed by atoms with Gasteiger partial charge in [-0.3, -0.25) is 0 Å². The highest BCUT2D eigenvalue weighted by Gasteiger charge is 1.96. The van der Waals surface area contributed by atoms with Gasteiger partial charge in [0, 0.05) is 11.4 Å². The Morgan fingerprint density at radius 3 is 2.75 bits per heavy atom. The second-order valence-corrected chi connectivity index (χ2v) is 3.86. The Morgan fingerprint density at radius 1 is 1.33 bits per heavy atom. The van der Waals surface area contributed by atoms with Gasteiger partial charge in [-0.05, 0) is 23.8 Å². The van der Waals surface area contributed by atoms with Crippen LogP contribution in [0.2, 0.25) is 0 Å². The van der Waals surface area contributed by atoms with Crippen molar-refractivity contribution in [2.75, 3.05) is 11.5 Å². The Bertz CT molecular complexity index is 235. The summed E-state index contributed by atoms with van der Waals surface area (Å²) in [6.07, 6.45) is 1.23. The lowest BCUT2D eigenvalue weighted by molar-refractivity contribution is 1.10. The van der Waals surface area contributed by atoms with Gasteiger partial charge in [0.2, 0.25) is 0 Å². The molecule has 12 heavy (non-hydrogen) atoms. The number of benzene rings is 1. The van der Waals surface area contributed by atoms with E-state index in [4.69, 9.17) is 5.73 Å². The van der Waals surface area contributed by atoms with Crippen molar-refractivity contribution in [2.45, 2.75) is 19.1 Å². The van der Waals surface area contributed by atoms with E-state index in [1.54, 1.807) is 0 Å². The molecule has 0 amide bonds. The lowest BCUT2D eigenvalue weighted by Crippen LogP contribution is -1.91. The summed E-state index contributed by atoms with van der Waals surface area (Å²) in [6, 6.07) is 8.07. The molecule has 1 rings (SSSR count). The van der Waals surface area contributed by atoms with E-state index < -0.39 is 0 Å². The van der Waals surface area contributed by atoms with E-state index >= 15 is 0 Å². The highest BCUT2D eigenvalue weighted by molar-refractivity contribution is 7.98. The second-order valence-electron chi connectivity index (χ2n) is 2.75.